The van der Waals surface area contributed by atoms with Gasteiger partial charge in [-0.15, -0.1) is 11.3 Å². The third-order valence-electron chi connectivity index (χ3n) is 2.62. The molecule has 2 rings (SSSR count). The highest BCUT2D eigenvalue weighted by atomic mass is 32.2. The van der Waals surface area contributed by atoms with Crippen molar-refractivity contribution in [1.29, 1.82) is 0 Å². The Balaban J connectivity index is 1.84. The van der Waals surface area contributed by atoms with E-state index in [2.05, 4.69) is 9.97 Å². The number of nitrogen functional groups attached to an aromatic ring is 1. The molecule has 0 aliphatic heterocycles. The minimum Gasteiger partial charge on any atom is -0.396 e. The molecule has 0 bridgehead atoms. The number of unbranched alkanes of at least 4 members (excludes halogenated alkanes) is 3. The van der Waals surface area contributed by atoms with Gasteiger partial charge in [0.1, 0.15) is 10.6 Å². The zero-order valence-electron chi connectivity index (χ0n) is 10.1. The van der Waals surface area contributed by atoms with Crippen LogP contribution in [0.4, 0.5) is 5.82 Å². The Kier molecular flexibility index (Phi) is 5.22. The van der Waals surface area contributed by atoms with E-state index in [0.717, 1.165) is 46.8 Å². The predicted octanol–water partition coefficient (Wildman–Crippen LogP) is 2.92. The first-order chi connectivity index (χ1) is 8.81. The number of anilines is 1. The molecule has 0 fully saturated rings. The van der Waals surface area contributed by atoms with Gasteiger partial charge in [-0.3, -0.25) is 0 Å². The molecule has 4 nitrogen and oxygen atoms in total. The van der Waals surface area contributed by atoms with Crippen LogP contribution < -0.4 is 5.73 Å². The lowest BCUT2D eigenvalue weighted by Gasteiger charge is -2.02. The summed E-state index contributed by atoms with van der Waals surface area (Å²) in [7, 11) is 0. The maximum atomic E-state index is 8.67. The van der Waals surface area contributed by atoms with E-state index < -0.39 is 0 Å². The van der Waals surface area contributed by atoms with Gasteiger partial charge in [-0.25, -0.2) is 9.97 Å². The van der Waals surface area contributed by atoms with Crippen molar-refractivity contribution >= 4 is 39.1 Å². The molecular weight excluding hydrogens is 266 g/mol. The molecule has 0 aliphatic rings. The van der Waals surface area contributed by atoms with Crippen molar-refractivity contribution in [2.24, 2.45) is 0 Å². The molecule has 0 unspecified atom stereocenters. The maximum absolute atomic E-state index is 8.67. The van der Waals surface area contributed by atoms with Gasteiger partial charge >= 0.3 is 0 Å². The average molecular weight is 283 g/mol. The molecule has 3 N–H and O–H groups in total. The Morgan fingerprint density at radius 2 is 2.06 bits per heavy atom. The quantitative estimate of drug-likeness (QED) is 0.464. The first kappa shape index (κ1) is 13.6. The molecule has 0 saturated carbocycles. The topological polar surface area (TPSA) is 72.0 Å². The fourth-order valence-electron chi connectivity index (χ4n) is 1.65. The van der Waals surface area contributed by atoms with Crippen molar-refractivity contribution < 1.29 is 5.11 Å². The number of nitrogens with zero attached hydrogens (tertiary/aromatic N) is 2. The molecule has 0 aliphatic carbocycles. The smallest absolute Gasteiger partial charge is 0.190 e. The minimum atomic E-state index is 0.293. The molecule has 0 spiro atoms. The van der Waals surface area contributed by atoms with Crippen molar-refractivity contribution in [3.63, 3.8) is 0 Å². The second kappa shape index (κ2) is 6.92. The normalized spacial score (nSPS) is 11.2. The summed E-state index contributed by atoms with van der Waals surface area (Å²) >= 11 is 3.25. The van der Waals surface area contributed by atoms with Gasteiger partial charge in [0.2, 0.25) is 0 Å². The first-order valence-corrected chi connectivity index (χ1v) is 7.92. The van der Waals surface area contributed by atoms with Crippen LogP contribution in [-0.2, 0) is 0 Å². The molecular formula is C12H17N3OS2. The van der Waals surface area contributed by atoms with Crippen LogP contribution in [0.15, 0.2) is 16.6 Å². The molecule has 18 heavy (non-hydrogen) atoms. The number of thioether (sulfide) groups is 1. The summed E-state index contributed by atoms with van der Waals surface area (Å²) in [4.78, 5) is 9.75. The summed E-state index contributed by atoms with van der Waals surface area (Å²) in [6.45, 7) is 0.293. The number of nitrogens with two attached hydrogens (primary N) is 1. The fraction of sp³-hybridized carbons (Fsp3) is 0.500. The van der Waals surface area contributed by atoms with Gasteiger partial charge in [0.25, 0.3) is 0 Å². The molecule has 0 atom stereocenters. The van der Waals surface area contributed by atoms with Crippen molar-refractivity contribution in [1.82, 2.24) is 9.97 Å². The van der Waals surface area contributed by atoms with Gasteiger partial charge in [-0.2, -0.15) is 0 Å². The second-order valence-corrected chi connectivity index (χ2v) is 5.97. The van der Waals surface area contributed by atoms with E-state index in [1.807, 2.05) is 11.4 Å². The summed E-state index contributed by atoms with van der Waals surface area (Å²) in [6, 6.07) is 1.96. The standard InChI is InChI=1S/C12H17N3OS2/c13-10-9-5-8-17-11(9)15-12(14-10)18-7-4-2-1-3-6-16/h5,8,16H,1-4,6-7H2,(H2,13,14,15). The first-order valence-electron chi connectivity index (χ1n) is 6.05. The van der Waals surface area contributed by atoms with E-state index in [1.54, 1.807) is 23.1 Å². The summed E-state index contributed by atoms with van der Waals surface area (Å²) in [5.41, 5.74) is 5.89. The summed E-state index contributed by atoms with van der Waals surface area (Å²) in [5, 5.41) is 12.4. The molecule has 2 aromatic rings. The van der Waals surface area contributed by atoms with E-state index >= 15 is 0 Å². The number of hydrogen-bond acceptors (Lipinski definition) is 6. The Morgan fingerprint density at radius 1 is 1.22 bits per heavy atom. The van der Waals surface area contributed by atoms with Crippen LogP contribution >= 0.6 is 23.1 Å². The molecule has 6 heteroatoms. The molecule has 0 aromatic carbocycles. The largest absolute Gasteiger partial charge is 0.396 e. The molecule has 2 heterocycles. The lowest BCUT2D eigenvalue weighted by molar-refractivity contribution is 0.283. The van der Waals surface area contributed by atoms with Crippen LogP contribution in [0.3, 0.4) is 0 Å². The molecule has 98 valence electrons. The number of fused-ring (bicyclic) bond motifs is 1. The van der Waals surface area contributed by atoms with Crippen molar-refractivity contribution in [3.05, 3.63) is 11.4 Å². The fourth-order valence-corrected chi connectivity index (χ4v) is 3.33. The molecule has 0 saturated heterocycles. The van der Waals surface area contributed by atoms with Crippen LogP contribution in [0.25, 0.3) is 10.2 Å². The summed E-state index contributed by atoms with van der Waals surface area (Å²) < 4.78 is 0. The van der Waals surface area contributed by atoms with Crippen LogP contribution in [0.2, 0.25) is 0 Å². The van der Waals surface area contributed by atoms with Crippen LogP contribution in [0.5, 0.6) is 0 Å². The number of hydrogen-bond donors (Lipinski definition) is 2. The molecule has 0 radical (unpaired) electrons. The third kappa shape index (κ3) is 3.57. The van der Waals surface area contributed by atoms with Gasteiger partial charge in [0, 0.05) is 12.4 Å². The van der Waals surface area contributed by atoms with Gasteiger partial charge < -0.3 is 10.8 Å². The minimum absolute atomic E-state index is 0.293. The van der Waals surface area contributed by atoms with Gasteiger partial charge in [-0.1, -0.05) is 24.6 Å². The summed E-state index contributed by atoms with van der Waals surface area (Å²) in [5.74, 6) is 1.57. The Morgan fingerprint density at radius 3 is 2.89 bits per heavy atom. The number of aliphatic hydroxyl groups is 1. The number of thiophene rings is 1. The third-order valence-corrected chi connectivity index (χ3v) is 4.36. The Hall–Kier alpha value is -0.850. The highest BCUT2D eigenvalue weighted by Gasteiger charge is 2.06. The van der Waals surface area contributed by atoms with Crippen LogP contribution in [0.1, 0.15) is 25.7 Å². The lowest BCUT2D eigenvalue weighted by Crippen LogP contribution is -1.95. The second-order valence-electron chi connectivity index (χ2n) is 4.02. The summed E-state index contributed by atoms with van der Waals surface area (Å²) in [6.07, 6.45) is 4.25. The maximum Gasteiger partial charge on any atom is 0.190 e. The molecule has 2 aromatic heterocycles. The van der Waals surface area contributed by atoms with Crippen LogP contribution in [0, 0.1) is 0 Å². The highest BCUT2D eigenvalue weighted by molar-refractivity contribution is 7.99. The van der Waals surface area contributed by atoms with Crippen molar-refractivity contribution in [2.45, 2.75) is 30.8 Å². The van der Waals surface area contributed by atoms with E-state index in [9.17, 15) is 0 Å². The molecule has 0 amide bonds. The van der Waals surface area contributed by atoms with Gasteiger partial charge in [0.05, 0.1) is 5.39 Å². The van der Waals surface area contributed by atoms with Crippen molar-refractivity contribution in [3.8, 4) is 0 Å². The highest BCUT2D eigenvalue weighted by Crippen LogP contribution is 2.26. The van der Waals surface area contributed by atoms with E-state index in [1.165, 1.54) is 0 Å². The van der Waals surface area contributed by atoms with Gasteiger partial charge in [-0.05, 0) is 24.3 Å². The van der Waals surface area contributed by atoms with Gasteiger partial charge in [0.15, 0.2) is 5.16 Å². The number of rotatable bonds is 7. The number of aliphatic hydroxyl groups excluding tert-OH is 1. The SMILES string of the molecule is Nc1nc(SCCCCCCO)nc2sccc12. The van der Waals surface area contributed by atoms with E-state index in [0.29, 0.717) is 12.4 Å². The monoisotopic (exact) mass is 283 g/mol. The average Bonchev–Trinajstić information content (AvgIpc) is 2.82. The lowest BCUT2D eigenvalue weighted by atomic mass is 10.2. The zero-order chi connectivity index (χ0) is 12.8. The number of aromatic nitrogens is 2. The predicted molar refractivity (Wildman–Crippen MR) is 78.1 cm³/mol. The Labute approximate surface area is 115 Å². The van der Waals surface area contributed by atoms with E-state index in [-0.39, 0.29) is 0 Å². The van der Waals surface area contributed by atoms with E-state index in [4.69, 9.17) is 10.8 Å². The zero-order valence-corrected chi connectivity index (χ0v) is 11.8. The Bertz CT molecular complexity index is 501. The van der Waals surface area contributed by atoms with Crippen molar-refractivity contribution in [2.75, 3.05) is 18.1 Å². The van der Waals surface area contributed by atoms with Crippen LogP contribution in [-0.4, -0.2) is 27.4 Å².